The smallest absolute Gasteiger partial charge is 0.253 e. The first-order valence-corrected chi connectivity index (χ1v) is 15.9. The Morgan fingerprint density at radius 3 is 2.22 bits per heavy atom. The van der Waals surface area contributed by atoms with Crippen molar-refractivity contribution < 1.29 is 29.0 Å². The molecule has 0 aliphatic carbocycles. The number of anilines is 2. The van der Waals surface area contributed by atoms with Gasteiger partial charge in [-0.05, 0) is 61.0 Å². The highest BCUT2D eigenvalue weighted by Crippen LogP contribution is 2.55. The summed E-state index contributed by atoms with van der Waals surface area (Å²) >= 11 is 6.16. The molecule has 3 amide bonds. The van der Waals surface area contributed by atoms with Crippen molar-refractivity contribution in [2.45, 2.75) is 30.7 Å². The summed E-state index contributed by atoms with van der Waals surface area (Å²) in [6.45, 7) is 2.53. The van der Waals surface area contributed by atoms with E-state index in [9.17, 15) is 19.5 Å². The van der Waals surface area contributed by atoms with E-state index in [4.69, 9.17) is 21.1 Å². The minimum absolute atomic E-state index is 0.226. The van der Waals surface area contributed by atoms with Crippen LogP contribution in [0.5, 0.6) is 5.75 Å². The van der Waals surface area contributed by atoms with Gasteiger partial charge in [0.1, 0.15) is 17.4 Å². The Balaban J connectivity index is 1.33. The summed E-state index contributed by atoms with van der Waals surface area (Å²) in [5, 5.41) is 11.3. The molecule has 9 nitrogen and oxygen atoms in total. The molecule has 0 aromatic heterocycles. The zero-order chi connectivity index (χ0) is 32.0. The molecule has 4 aliphatic rings. The number of likely N-dealkylation sites (tertiary alicyclic amines) is 1. The molecular weight excluding hydrogens is 606 g/mol. The summed E-state index contributed by atoms with van der Waals surface area (Å²) < 4.78 is 12.4. The van der Waals surface area contributed by atoms with Crippen molar-refractivity contribution in [2.75, 3.05) is 36.1 Å². The van der Waals surface area contributed by atoms with E-state index in [2.05, 4.69) is 0 Å². The molecular formula is C36H34ClN3O6. The lowest BCUT2D eigenvalue weighted by atomic mass is 9.77. The van der Waals surface area contributed by atoms with Gasteiger partial charge in [-0.2, -0.15) is 0 Å². The van der Waals surface area contributed by atoms with E-state index in [-0.39, 0.29) is 18.4 Å². The normalized spacial score (nSPS) is 27.6. The number of aliphatic hydroxyl groups is 1. The number of rotatable bonds is 7. The van der Waals surface area contributed by atoms with Crippen LogP contribution in [0.2, 0.25) is 5.02 Å². The third-order valence-electron chi connectivity index (χ3n) is 9.39. The Hall–Kier alpha value is -4.44. The molecule has 6 atom stereocenters. The molecule has 0 bridgehead atoms. The molecule has 0 radical (unpaired) electrons. The van der Waals surface area contributed by atoms with Crippen LogP contribution in [-0.2, 0) is 19.1 Å². The topological polar surface area (TPSA) is 99.6 Å². The molecule has 46 heavy (non-hydrogen) atoms. The molecule has 3 aromatic rings. The number of ether oxygens (including phenoxy) is 2. The van der Waals surface area contributed by atoms with Gasteiger partial charge in [-0.15, -0.1) is 0 Å². The molecule has 2 fully saturated rings. The Labute approximate surface area is 272 Å². The van der Waals surface area contributed by atoms with Crippen molar-refractivity contribution in [3.05, 3.63) is 114 Å². The SMILES string of the molecule is CCOc1ccc(N2CC=C[C@H]3O[C@]45C=CCN(c6ccc(Cl)cc6)C(=O)C4N([C@H](CO)c4ccccc4)C(=O)[C@@H]5[C@H]3C2=O)cc1. The Kier molecular flexibility index (Phi) is 7.92. The molecule has 236 valence electrons. The van der Waals surface area contributed by atoms with E-state index in [1.807, 2.05) is 79.7 Å². The fourth-order valence-electron chi connectivity index (χ4n) is 7.42. The number of halogens is 1. The number of nitrogens with zero attached hydrogens (tertiary/aromatic N) is 3. The average molecular weight is 640 g/mol. The lowest BCUT2D eigenvalue weighted by molar-refractivity contribution is -0.144. The molecule has 1 spiro atoms. The van der Waals surface area contributed by atoms with Crippen molar-refractivity contribution in [1.29, 1.82) is 0 Å². The fraction of sp³-hybridized carbons (Fsp3) is 0.306. The van der Waals surface area contributed by atoms with Gasteiger partial charge in [-0.1, -0.05) is 66.2 Å². The summed E-state index contributed by atoms with van der Waals surface area (Å²) in [7, 11) is 0. The second kappa shape index (κ2) is 12.1. The highest BCUT2D eigenvalue weighted by molar-refractivity contribution is 6.30. The maximum atomic E-state index is 14.8. The first-order valence-electron chi connectivity index (χ1n) is 15.5. The quantitative estimate of drug-likeness (QED) is 0.381. The van der Waals surface area contributed by atoms with E-state index >= 15 is 0 Å². The molecule has 0 saturated carbocycles. The van der Waals surface area contributed by atoms with E-state index in [0.29, 0.717) is 40.9 Å². The Morgan fingerprint density at radius 1 is 0.891 bits per heavy atom. The maximum absolute atomic E-state index is 14.8. The first-order chi connectivity index (χ1) is 22.4. The average Bonchev–Trinajstić information content (AvgIpc) is 3.38. The van der Waals surface area contributed by atoms with Crippen LogP contribution in [0.4, 0.5) is 11.4 Å². The molecule has 4 heterocycles. The Bertz CT molecular complexity index is 1690. The molecule has 10 heteroatoms. The van der Waals surface area contributed by atoms with Gasteiger partial charge in [0, 0.05) is 29.5 Å². The first kappa shape index (κ1) is 30.2. The monoisotopic (exact) mass is 639 g/mol. The molecule has 1 unspecified atom stereocenters. The van der Waals surface area contributed by atoms with Gasteiger partial charge in [0.25, 0.3) is 5.91 Å². The van der Waals surface area contributed by atoms with Crippen molar-refractivity contribution >= 4 is 40.7 Å². The predicted molar refractivity (Wildman–Crippen MR) is 174 cm³/mol. The molecule has 4 aliphatic heterocycles. The van der Waals surface area contributed by atoms with Crippen molar-refractivity contribution in [3.8, 4) is 5.75 Å². The minimum atomic E-state index is -1.45. The van der Waals surface area contributed by atoms with E-state index < -0.39 is 48.1 Å². The molecule has 1 N–H and O–H groups in total. The van der Waals surface area contributed by atoms with Crippen LogP contribution in [0.3, 0.4) is 0 Å². The van der Waals surface area contributed by atoms with E-state index in [0.717, 1.165) is 0 Å². The number of hydrogen-bond donors (Lipinski definition) is 1. The van der Waals surface area contributed by atoms with E-state index in [1.54, 1.807) is 40.1 Å². The second-order valence-corrected chi connectivity index (χ2v) is 12.3. The third-order valence-corrected chi connectivity index (χ3v) is 9.64. The molecule has 2 saturated heterocycles. The van der Waals surface area contributed by atoms with Crippen LogP contribution >= 0.6 is 11.6 Å². The van der Waals surface area contributed by atoms with Crippen LogP contribution in [-0.4, -0.2) is 71.8 Å². The number of carbonyl (C=O) groups is 3. The van der Waals surface area contributed by atoms with Crippen LogP contribution in [0.15, 0.2) is 103 Å². The van der Waals surface area contributed by atoms with Crippen LogP contribution in [0.25, 0.3) is 0 Å². The van der Waals surface area contributed by atoms with Gasteiger partial charge in [0.15, 0.2) is 0 Å². The van der Waals surface area contributed by atoms with Crippen molar-refractivity contribution in [3.63, 3.8) is 0 Å². The predicted octanol–water partition coefficient (Wildman–Crippen LogP) is 4.56. The summed E-state index contributed by atoms with van der Waals surface area (Å²) in [5.41, 5.74) is 0.496. The number of benzene rings is 3. The lowest BCUT2D eigenvalue weighted by Crippen LogP contribution is -2.56. The fourth-order valence-corrected chi connectivity index (χ4v) is 7.54. The number of carbonyl (C=O) groups excluding carboxylic acids is 3. The zero-order valence-electron chi connectivity index (χ0n) is 25.2. The van der Waals surface area contributed by atoms with Crippen LogP contribution < -0.4 is 14.5 Å². The number of hydrogen-bond acceptors (Lipinski definition) is 6. The lowest BCUT2D eigenvalue weighted by Gasteiger charge is -2.38. The van der Waals surface area contributed by atoms with Crippen molar-refractivity contribution in [1.82, 2.24) is 4.90 Å². The Morgan fingerprint density at radius 2 is 1.54 bits per heavy atom. The summed E-state index contributed by atoms with van der Waals surface area (Å²) in [6, 6.07) is 21.3. The molecule has 3 aromatic carbocycles. The van der Waals surface area contributed by atoms with Gasteiger partial charge in [-0.25, -0.2) is 0 Å². The van der Waals surface area contributed by atoms with Gasteiger partial charge in [0.2, 0.25) is 11.8 Å². The van der Waals surface area contributed by atoms with Gasteiger partial charge < -0.3 is 29.3 Å². The minimum Gasteiger partial charge on any atom is -0.494 e. The summed E-state index contributed by atoms with van der Waals surface area (Å²) in [6.07, 6.45) is 6.60. The number of amides is 3. The molecule has 7 rings (SSSR count). The van der Waals surface area contributed by atoms with Gasteiger partial charge in [-0.3, -0.25) is 14.4 Å². The zero-order valence-corrected chi connectivity index (χ0v) is 26.0. The van der Waals surface area contributed by atoms with Gasteiger partial charge in [0.05, 0.1) is 37.2 Å². The highest BCUT2D eigenvalue weighted by Gasteiger charge is 2.72. The highest BCUT2D eigenvalue weighted by atomic mass is 35.5. The van der Waals surface area contributed by atoms with E-state index in [1.165, 1.54) is 4.90 Å². The van der Waals surface area contributed by atoms with Crippen molar-refractivity contribution in [2.24, 2.45) is 11.8 Å². The van der Waals surface area contributed by atoms with Gasteiger partial charge >= 0.3 is 0 Å². The largest absolute Gasteiger partial charge is 0.494 e. The second-order valence-electron chi connectivity index (χ2n) is 11.8. The van der Waals surface area contributed by atoms with Crippen LogP contribution in [0, 0.1) is 11.8 Å². The maximum Gasteiger partial charge on any atom is 0.253 e. The van der Waals surface area contributed by atoms with Crippen LogP contribution in [0.1, 0.15) is 18.5 Å². The number of fused-ring (bicyclic) bond motifs is 2. The number of aliphatic hydroxyl groups excluding tert-OH is 1. The standard InChI is InChI=1S/C36H34ClN3O6/c1-2-45-27-17-15-26(16-18-27)38-20-6-10-29-30(33(38)42)31-34(43)40(28(22-41)23-8-4-3-5-9-23)32-35(44)39(21-7-19-36(31,32)46-29)25-13-11-24(37)12-14-25/h3-19,28-32,41H,2,20-22H2,1H3/t28-,29-,30+,31+,32?,36+/m1/s1. The third kappa shape index (κ3) is 4.81. The summed E-state index contributed by atoms with van der Waals surface area (Å²) in [4.78, 5) is 48.8. The summed E-state index contributed by atoms with van der Waals surface area (Å²) in [5.74, 6) is -2.26.